The van der Waals surface area contributed by atoms with Crippen LogP contribution in [0.1, 0.15) is 11.8 Å². The summed E-state index contributed by atoms with van der Waals surface area (Å²) in [6.45, 7) is 3.14. The van der Waals surface area contributed by atoms with Gasteiger partial charge >= 0.3 is 6.18 Å². The molecule has 118 valence electrons. The third-order valence-corrected chi connectivity index (χ3v) is 4.51. The van der Waals surface area contributed by atoms with Crippen LogP contribution >= 0.6 is 11.3 Å². The molecule has 0 bridgehead atoms. The summed E-state index contributed by atoms with van der Waals surface area (Å²) in [5, 5.41) is 1.98. The Balaban J connectivity index is 1.90. The molecule has 2 heterocycles. The van der Waals surface area contributed by atoms with Crippen LogP contribution in [-0.2, 0) is 11.3 Å². The van der Waals surface area contributed by atoms with Crippen LogP contribution in [0.2, 0.25) is 0 Å². The Morgan fingerprint density at radius 2 is 1.95 bits per heavy atom. The van der Waals surface area contributed by atoms with Crippen LogP contribution in [0.3, 0.4) is 0 Å². The van der Waals surface area contributed by atoms with Gasteiger partial charge in [0.15, 0.2) is 5.54 Å². The second-order valence-electron chi connectivity index (χ2n) is 5.35. The molecule has 1 aliphatic heterocycles. The van der Waals surface area contributed by atoms with Crippen LogP contribution < -0.4 is 5.73 Å². The van der Waals surface area contributed by atoms with Crippen LogP contribution in [-0.4, -0.2) is 53.6 Å². The van der Waals surface area contributed by atoms with E-state index in [0.717, 1.165) is 13.5 Å². The molecule has 1 atom stereocenters. The number of carbonyl (C=O) groups is 1. The Morgan fingerprint density at radius 1 is 1.33 bits per heavy atom. The molecular weight excluding hydrogens is 303 g/mol. The number of nitrogens with two attached hydrogens (primary N) is 1. The molecule has 0 radical (unpaired) electrons. The molecule has 0 saturated carbocycles. The number of carbonyl (C=O) groups excluding carboxylic acids is 1. The van der Waals surface area contributed by atoms with Gasteiger partial charge in [-0.25, -0.2) is 0 Å². The third kappa shape index (κ3) is 3.56. The largest absolute Gasteiger partial charge is 0.415 e. The molecule has 1 aromatic heterocycles. The van der Waals surface area contributed by atoms with Crippen molar-refractivity contribution in [3.63, 3.8) is 0 Å². The molecule has 1 aliphatic rings. The molecule has 1 unspecified atom stereocenters. The Labute approximate surface area is 125 Å². The first kappa shape index (κ1) is 16.3. The van der Waals surface area contributed by atoms with Crippen molar-refractivity contribution in [3.05, 3.63) is 22.4 Å². The summed E-state index contributed by atoms with van der Waals surface area (Å²) in [5.41, 5.74) is 2.37. The molecule has 1 amide bonds. The normalized spacial score (nSPS) is 20.3. The molecular formula is C13H18F3N3OS. The van der Waals surface area contributed by atoms with Gasteiger partial charge in [0.2, 0.25) is 0 Å². The zero-order valence-corrected chi connectivity index (χ0v) is 12.5. The first-order valence-corrected chi connectivity index (χ1v) is 7.49. The van der Waals surface area contributed by atoms with Gasteiger partial charge in [0, 0.05) is 37.6 Å². The van der Waals surface area contributed by atoms with Crippen LogP contribution in [0, 0.1) is 0 Å². The first-order valence-electron chi connectivity index (χ1n) is 6.61. The molecule has 8 heteroatoms. The first-order chi connectivity index (χ1) is 9.72. The minimum absolute atomic E-state index is 0.271. The van der Waals surface area contributed by atoms with Crippen molar-refractivity contribution in [2.75, 3.05) is 26.2 Å². The lowest BCUT2D eigenvalue weighted by Crippen LogP contribution is -2.64. The fourth-order valence-electron chi connectivity index (χ4n) is 2.18. The molecule has 4 nitrogen and oxygen atoms in total. The van der Waals surface area contributed by atoms with Gasteiger partial charge in [-0.1, -0.05) is 6.07 Å². The van der Waals surface area contributed by atoms with Crippen molar-refractivity contribution in [3.8, 4) is 0 Å². The highest BCUT2D eigenvalue weighted by atomic mass is 32.1. The Morgan fingerprint density at radius 3 is 2.43 bits per heavy atom. The molecule has 1 saturated heterocycles. The van der Waals surface area contributed by atoms with Crippen molar-refractivity contribution in [1.82, 2.24) is 9.80 Å². The lowest BCUT2D eigenvalue weighted by Gasteiger charge is -2.38. The summed E-state index contributed by atoms with van der Waals surface area (Å²) >= 11 is 1.64. The molecule has 1 aromatic rings. The number of amides is 1. The van der Waals surface area contributed by atoms with Gasteiger partial charge in [0.1, 0.15) is 0 Å². The van der Waals surface area contributed by atoms with Gasteiger partial charge in [-0.2, -0.15) is 13.2 Å². The van der Waals surface area contributed by atoms with Crippen LogP contribution in [0.4, 0.5) is 13.2 Å². The summed E-state index contributed by atoms with van der Waals surface area (Å²) in [5.74, 6) is -1.05. The zero-order valence-electron chi connectivity index (χ0n) is 11.7. The Hall–Kier alpha value is -1.12. The average molecular weight is 321 g/mol. The predicted octanol–water partition coefficient (Wildman–Crippen LogP) is 1.67. The summed E-state index contributed by atoms with van der Waals surface area (Å²) in [4.78, 5) is 16.5. The summed E-state index contributed by atoms with van der Waals surface area (Å²) in [6, 6.07) is 3.98. The predicted molar refractivity (Wildman–Crippen MR) is 74.8 cm³/mol. The molecule has 2 N–H and O–H groups in total. The number of hydrogen-bond donors (Lipinski definition) is 1. The van der Waals surface area contributed by atoms with E-state index in [2.05, 4.69) is 4.90 Å². The number of thiophene rings is 1. The minimum Gasteiger partial charge on any atom is -0.338 e. The highest BCUT2D eigenvalue weighted by Crippen LogP contribution is 2.30. The summed E-state index contributed by atoms with van der Waals surface area (Å²) in [6.07, 6.45) is -4.74. The third-order valence-electron chi connectivity index (χ3n) is 3.65. The monoisotopic (exact) mass is 321 g/mol. The quantitative estimate of drug-likeness (QED) is 0.921. The smallest absolute Gasteiger partial charge is 0.338 e. The highest BCUT2D eigenvalue weighted by Gasteiger charge is 2.55. The topological polar surface area (TPSA) is 49.6 Å². The standard InChI is InChI=1S/C13H18F3N3OS/c1-12(17,13(14,15)16)11(20)19-6-4-18(5-7-19)9-10-3-2-8-21-10/h2-3,8H,4-7,9,17H2,1H3. The minimum atomic E-state index is -4.74. The number of nitrogens with zero attached hydrogens (tertiary/aromatic N) is 2. The Bertz CT molecular complexity index is 479. The Kier molecular flexibility index (Phi) is 4.60. The van der Waals surface area contributed by atoms with Gasteiger partial charge < -0.3 is 10.6 Å². The average Bonchev–Trinajstić information content (AvgIpc) is 2.90. The molecule has 0 aliphatic carbocycles. The van der Waals surface area contributed by atoms with E-state index in [-0.39, 0.29) is 13.1 Å². The van der Waals surface area contributed by atoms with Gasteiger partial charge in [-0.05, 0) is 18.4 Å². The zero-order chi connectivity index (χ0) is 15.7. The molecule has 2 rings (SSSR count). The molecule has 0 spiro atoms. The van der Waals surface area contributed by atoms with E-state index in [1.807, 2.05) is 17.5 Å². The summed E-state index contributed by atoms with van der Waals surface area (Å²) < 4.78 is 38.4. The van der Waals surface area contributed by atoms with Crippen LogP contribution in [0.5, 0.6) is 0 Å². The maximum absolute atomic E-state index is 12.8. The maximum atomic E-state index is 12.8. The highest BCUT2D eigenvalue weighted by molar-refractivity contribution is 7.09. The lowest BCUT2D eigenvalue weighted by molar-refractivity contribution is -0.194. The molecule has 1 fully saturated rings. The number of hydrogen-bond acceptors (Lipinski definition) is 4. The fraction of sp³-hybridized carbons (Fsp3) is 0.615. The van der Waals surface area contributed by atoms with Gasteiger partial charge in [0.25, 0.3) is 5.91 Å². The number of rotatable bonds is 3. The van der Waals surface area contributed by atoms with Crippen molar-refractivity contribution in [2.45, 2.75) is 25.2 Å². The van der Waals surface area contributed by atoms with Crippen LogP contribution in [0.25, 0.3) is 0 Å². The van der Waals surface area contributed by atoms with E-state index in [0.29, 0.717) is 13.1 Å². The van der Waals surface area contributed by atoms with Crippen molar-refractivity contribution < 1.29 is 18.0 Å². The maximum Gasteiger partial charge on any atom is 0.415 e. The number of halogens is 3. The van der Waals surface area contributed by atoms with Gasteiger partial charge in [0.05, 0.1) is 0 Å². The van der Waals surface area contributed by atoms with E-state index in [1.54, 1.807) is 11.3 Å². The second kappa shape index (κ2) is 5.94. The van der Waals surface area contributed by atoms with Crippen molar-refractivity contribution in [1.29, 1.82) is 0 Å². The van der Waals surface area contributed by atoms with E-state index in [1.165, 1.54) is 9.78 Å². The van der Waals surface area contributed by atoms with E-state index in [9.17, 15) is 18.0 Å². The van der Waals surface area contributed by atoms with E-state index < -0.39 is 17.6 Å². The van der Waals surface area contributed by atoms with Gasteiger partial charge in [-0.3, -0.25) is 9.69 Å². The van der Waals surface area contributed by atoms with Crippen LogP contribution in [0.15, 0.2) is 17.5 Å². The van der Waals surface area contributed by atoms with Crippen molar-refractivity contribution >= 4 is 17.2 Å². The second-order valence-corrected chi connectivity index (χ2v) is 6.38. The molecule has 0 aromatic carbocycles. The SMILES string of the molecule is CC(N)(C(=O)N1CCN(Cc2cccs2)CC1)C(F)(F)F. The van der Waals surface area contributed by atoms with Crippen molar-refractivity contribution in [2.24, 2.45) is 5.73 Å². The fourth-order valence-corrected chi connectivity index (χ4v) is 2.93. The van der Waals surface area contributed by atoms with E-state index >= 15 is 0 Å². The van der Waals surface area contributed by atoms with Gasteiger partial charge in [-0.15, -0.1) is 11.3 Å². The van der Waals surface area contributed by atoms with E-state index in [4.69, 9.17) is 5.73 Å². The molecule has 21 heavy (non-hydrogen) atoms. The number of alkyl halides is 3. The lowest BCUT2D eigenvalue weighted by atomic mass is 10.0. The number of piperazine rings is 1. The summed E-state index contributed by atoms with van der Waals surface area (Å²) in [7, 11) is 0.